The molecule has 4 aliphatic heterocycles. The molecule has 4 aliphatic rings. The third-order valence-electron chi connectivity index (χ3n) is 12.5. The van der Waals surface area contributed by atoms with Gasteiger partial charge in [0.15, 0.2) is 17.0 Å². The second-order valence-electron chi connectivity index (χ2n) is 15.9. The Kier molecular flexibility index (Phi) is 12.4. The van der Waals surface area contributed by atoms with Crippen molar-refractivity contribution in [2.45, 2.75) is 98.0 Å². The number of rotatable bonds is 5. The Hall–Kier alpha value is -5.08. The third-order valence-corrected chi connectivity index (χ3v) is 12.5. The number of aliphatic hydroxyl groups is 2. The van der Waals surface area contributed by atoms with Crippen molar-refractivity contribution in [3.8, 4) is 24.7 Å². The van der Waals surface area contributed by atoms with E-state index in [-0.39, 0.29) is 60.5 Å². The summed E-state index contributed by atoms with van der Waals surface area (Å²) in [5.74, 6) is 4.43. The van der Waals surface area contributed by atoms with Crippen LogP contribution in [0.15, 0.2) is 47.4 Å². The quantitative estimate of drug-likeness (QED) is 0.174. The van der Waals surface area contributed by atoms with Gasteiger partial charge in [0.2, 0.25) is 0 Å². The molecule has 12 atom stereocenters. The van der Waals surface area contributed by atoms with E-state index >= 15 is 0 Å². The summed E-state index contributed by atoms with van der Waals surface area (Å²) in [4.78, 5) is 76.7. The van der Waals surface area contributed by atoms with Gasteiger partial charge in [-0.15, -0.1) is 12.8 Å². The van der Waals surface area contributed by atoms with Crippen LogP contribution < -0.4 is 33.7 Å². The van der Waals surface area contributed by atoms with E-state index in [1.165, 1.54) is 26.1 Å². The van der Waals surface area contributed by atoms with E-state index in [0.717, 1.165) is 0 Å². The maximum atomic E-state index is 11.9. The minimum atomic E-state index is -1.10. The zero-order chi connectivity index (χ0) is 43.2. The van der Waals surface area contributed by atoms with Crippen LogP contribution in [-0.2, 0) is 18.9 Å². The molecule has 4 fully saturated rings. The van der Waals surface area contributed by atoms with E-state index in [4.69, 9.17) is 31.8 Å². The number of aryl methyl sites for hydroxylation is 3. The van der Waals surface area contributed by atoms with Gasteiger partial charge in [0.25, 0.3) is 16.7 Å². The fraction of sp³-hybridized carbons (Fsp3) is 0.600. The van der Waals surface area contributed by atoms with Crippen molar-refractivity contribution < 1.29 is 29.2 Å². The summed E-state index contributed by atoms with van der Waals surface area (Å²) in [5.41, 5.74) is -3.61. The van der Waals surface area contributed by atoms with Crippen LogP contribution in [0.1, 0.15) is 76.9 Å². The van der Waals surface area contributed by atoms with Gasteiger partial charge < -0.3 is 29.2 Å². The molecular formula is C40H52N6O12. The molecule has 0 aliphatic carbocycles. The van der Waals surface area contributed by atoms with E-state index in [2.05, 4.69) is 33.7 Å². The lowest BCUT2D eigenvalue weighted by Crippen LogP contribution is -2.38. The van der Waals surface area contributed by atoms with Gasteiger partial charge in [0, 0.05) is 70.8 Å². The monoisotopic (exact) mass is 808 g/mol. The average molecular weight is 809 g/mol. The van der Waals surface area contributed by atoms with Crippen molar-refractivity contribution >= 4 is 0 Å². The molecule has 18 nitrogen and oxygen atoms in total. The standard InChI is InChI=1S/2C14H18N2O4.C12H16N2O4/c2*1-5-14(7-17)10(4)9(3)12(20-14)16-6-8(2)11(18)15-13(16)19;1-6-4-14(11(16)13-9(6)15)10-7(2)8(3)12(18-10)5-17-12/h2*1,6,9-10,12,17H,7H2,2-4H3,(H,15,18,19);4,7-8,10H,5H2,1-3H3,(H,13,15,16). The van der Waals surface area contributed by atoms with Gasteiger partial charge in [-0.25, -0.2) is 14.4 Å². The van der Waals surface area contributed by atoms with Crippen molar-refractivity contribution in [2.75, 3.05) is 19.8 Å². The second kappa shape index (κ2) is 16.3. The first-order valence-electron chi connectivity index (χ1n) is 19.0. The summed E-state index contributed by atoms with van der Waals surface area (Å²) in [7, 11) is 0. The minimum Gasteiger partial charge on any atom is -0.392 e. The zero-order valence-electron chi connectivity index (χ0n) is 34.0. The third kappa shape index (κ3) is 7.63. The number of hydrogen-bond acceptors (Lipinski definition) is 12. The highest BCUT2D eigenvalue weighted by Crippen LogP contribution is 2.52. The summed E-state index contributed by atoms with van der Waals surface area (Å²) >= 11 is 0. The molecule has 5 N–H and O–H groups in total. The largest absolute Gasteiger partial charge is 0.392 e. The van der Waals surface area contributed by atoms with Crippen molar-refractivity contribution in [1.82, 2.24) is 28.7 Å². The highest BCUT2D eigenvalue weighted by Gasteiger charge is 2.61. The first kappa shape index (κ1) is 44.0. The van der Waals surface area contributed by atoms with Crippen LogP contribution in [0.5, 0.6) is 0 Å². The van der Waals surface area contributed by atoms with Crippen LogP contribution in [0.2, 0.25) is 0 Å². The SMILES string of the molecule is C#CC1(CO)OC(n2cc(C)c(=O)[nH]c2=O)C(C)C1C.C#CC1(CO)OC(n2cc(C)c(=O)[nH]c2=O)C(C)C1C.Cc1cn(C2OC3(CO3)C(C)C2C)c(=O)[nH]c1=O. The van der Waals surface area contributed by atoms with Gasteiger partial charge in [-0.05, 0) is 20.8 Å². The van der Waals surface area contributed by atoms with Crippen molar-refractivity contribution in [1.29, 1.82) is 0 Å². The molecule has 4 saturated heterocycles. The van der Waals surface area contributed by atoms with E-state index < -0.39 is 57.6 Å². The summed E-state index contributed by atoms with van der Waals surface area (Å²) in [6.07, 6.45) is 13.8. The first-order valence-corrected chi connectivity index (χ1v) is 19.0. The van der Waals surface area contributed by atoms with Crippen LogP contribution in [0.3, 0.4) is 0 Å². The lowest BCUT2D eigenvalue weighted by Gasteiger charge is -2.25. The van der Waals surface area contributed by atoms with Gasteiger partial charge in [-0.2, -0.15) is 0 Å². The van der Waals surface area contributed by atoms with Gasteiger partial charge in [-0.3, -0.25) is 43.0 Å². The molecule has 12 unspecified atom stereocenters. The molecule has 0 radical (unpaired) electrons. The minimum absolute atomic E-state index is 0.0822. The molecule has 314 valence electrons. The molecule has 58 heavy (non-hydrogen) atoms. The molecule has 0 saturated carbocycles. The smallest absolute Gasteiger partial charge is 0.330 e. The lowest BCUT2D eigenvalue weighted by molar-refractivity contribution is -0.0836. The molecule has 18 heteroatoms. The number of nitrogens with one attached hydrogen (secondary N) is 3. The van der Waals surface area contributed by atoms with Gasteiger partial charge >= 0.3 is 17.1 Å². The van der Waals surface area contributed by atoms with E-state index in [1.807, 2.05) is 34.6 Å². The number of ether oxygens (including phenoxy) is 4. The molecule has 1 spiro atoms. The maximum absolute atomic E-state index is 11.9. The molecule has 0 amide bonds. The lowest BCUT2D eigenvalue weighted by atomic mass is 9.83. The fourth-order valence-corrected chi connectivity index (χ4v) is 7.71. The summed E-state index contributed by atoms with van der Waals surface area (Å²) in [6, 6.07) is 0. The Bertz CT molecular complexity index is 2360. The molecule has 3 aromatic heterocycles. The number of terminal acetylenes is 2. The molecule has 3 aromatic rings. The predicted molar refractivity (Wildman–Crippen MR) is 210 cm³/mol. The van der Waals surface area contributed by atoms with Crippen LogP contribution >= 0.6 is 0 Å². The fourth-order valence-electron chi connectivity index (χ4n) is 7.71. The maximum Gasteiger partial charge on any atom is 0.330 e. The van der Waals surface area contributed by atoms with Gasteiger partial charge in [-0.1, -0.05) is 53.4 Å². The Morgan fingerprint density at radius 1 is 0.603 bits per heavy atom. The number of hydrogen-bond donors (Lipinski definition) is 5. The Labute approximate surface area is 333 Å². The van der Waals surface area contributed by atoms with Crippen LogP contribution in [-0.4, -0.2) is 75.7 Å². The van der Waals surface area contributed by atoms with Gasteiger partial charge in [0.1, 0.15) is 25.3 Å². The first-order chi connectivity index (χ1) is 27.2. The number of aromatic amines is 3. The van der Waals surface area contributed by atoms with Crippen LogP contribution in [0.25, 0.3) is 0 Å². The summed E-state index contributed by atoms with van der Waals surface area (Å²) in [5, 5.41) is 19.0. The summed E-state index contributed by atoms with van der Waals surface area (Å²) in [6.45, 7) is 16.5. The van der Waals surface area contributed by atoms with Crippen molar-refractivity contribution in [2.24, 2.45) is 35.5 Å². The van der Waals surface area contributed by atoms with Gasteiger partial charge in [0.05, 0.1) is 13.2 Å². The number of nitrogens with zero attached hydrogens (tertiary/aromatic N) is 3. The highest BCUT2D eigenvalue weighted by molar-refractivity contribution is 5.17. The Morgan fingerprint density at radius 2 is 0.897 bits per heavy atom. The molecule has 7 heterocycles. The molecule has 0 aromatic carbocycles. The molecule has 0 bridgehead atoms. The summed E-state index contributed by atoms with van der Waals surface area (Å²) < 4.78 is 26.9. The van der Waals surface area contributed by atoms with E-state index in [1.54, 1.807) is 27.0 Å². The number of epoxide rings is 1. The normalized spacial score (nSPS) is 34.7. The second-order valence-corrected chi connectivity index (χ2v) is 15.9. The van der Waals surface area contributed by atoms with E-state index in [0.29, 0.717) is 23.3 Å². The van der Waals surface area contributed by atoms with Crippen LogP contribution in [0.4, 0.5) is 0 Å². The topological polar surface area (TPSA) is 245 Å². The number of aromatic nitrogens is 6. The highest BCUT2D eigenvalue weighted by atomic mass is 16.8. The Balaban J connectivity index is 0.000000166. The predicted octanol–water partition coefficient (Wildman–Crippen LogP) is 0.393. The van der Waals surface area contributed by atoms with Crippen LogP contribution in [0, 0.1) is 81.0 Å². The van der Waals surface area contributed by atoms with Crippen molar-refractivity contribution in [3.05, 3.63) is 97.8 Å². The average Bonchev–Trinajstić information content (AvgIpc) is 3.82. The zero-order valence-corrected chi connectivity index (χ0v) is 34.0. The van der Waals surface area contributed by atoms with E-state index in [9.17, 15) is 39.0 Å². The number of H-pyrrole nitrogens is 3. The number of aliphatic hydroxyl groups excluding tert-OH is 2. The molecular weight excluding hydrogens is 756 g/mol. The molecule has 7 rings (SSSR count). The van der Waals surface area contributed by atoms with Crippen molar-refractivity contribution in [3.63, 3.8) is 0 Å². The Morgan fingerprint density at radius 3 is 1.14 bits per heavy atom.